The third-order valence-corrected chi connectivity index (χ3v) is 10.1. The number of ether oxygens (including phenoxy) is 1. The first-order chi connectivity index (χ1) is 14.7. The van der Waals surface area contributed by atoms with Crippen molar-refractivity contribution in [2.75, 3.05) is 5.75 Å². The van der Waals surface area contributed by atoms with Crippen molar-refractivity contribution in [3.63, 3.8) is 0 Å². The average Bonchev–Trinajstić information content (AvgIpc) is 2.95. The first-order valence-electron chi connectivity index (χ1n) is 12.3. The van der Waals surface area contributed by atoms with Crippen LogP contribution in [0.2, 0.25) is 0 Å². The Balaban J connectivity index is 1.64. The topological polar surface area (TPSA) is 82.1 Å². The molecule has 5 rings (SSSR count). The fourth-order valence-corrected chi connectivity index (χ4v) is 8.17. The molecular weight excluding hydrogens is 418 g/mol. The summed E-state index contributed by atoms with van der Waals surface area (Å²) in [7, 11) is -3.82. The average molecular weight is 458 g/mol. The molecule has 5 fully saturated rings. The molecule has 1 amide bonds. The van der Waals surface area contributed by atoms with Gasteiger partial charge in [0.2, 0.25) is 21.7 Å². The molecule has 8 heteroatoms. The Labute approximate surface area is 187 Å². The third kappa shape index (κ3) is 3.85. The summed E-state index contributed by atoms with van der Waals surface area (Å²) >= 11 is 0. The zero-order valence-corrected chi connectivity index (χ0v) is 20.3. The van der Waals surface area contributed by atoms with E-state index in [0.29, 0.717) is 18.8 Å². The van der Waals surface area contributed by atoms with Gasteiger partial charge in [0.1, 0.15) is 0 Å². The first-order valence-corrected chi connectivity index (χ1v) is 13.9. The number of carbonyl (C=O) groups excluding carboxylic acids is 1. The summed E-state index contributed by atoms with van der Waals surface area (Å²) in [5.74, 6) is -1.51. The number of fused-ring (bicyclic) bond motifs is 2. The van der Waals surface area contributed by atoms with Gasteiger partial charge in [0.05, 0.1) is 5.75 Å². The minimum atomic E-state index is -3.82. The summed E-state index contributed by atoms with van der Waals surface area (Å²) in [5, 5.41) is 0. The molecule has 0 N–H and O–H groups in total. The fraction of sp³-hybridized carbons (Fsp3) is 0.957. The molecule has 0 aromatic carbocycles. The van der Waals surface area contributed by atoms with E-state index in [0.717, 1.165) is 49.3 Å². The lowest BCUT2D eigenvalue weighted by atomic mass is 9.57. The zero-order chi connectivity index (χ0) is 22.4. The molecule has 0 aromatic heterocycles. The van der Waals surface area contributed by atoms with Gasteiger partial charge in [-0.25, -0.2) is 22.5 Å². The van der Waals surface area contributed by atoms with Crippen LogP contribution in [0.4, 0.5) is 0 Å². The van der Waals surface area contributed by atoms with E-state index in [9.17, 15) is 13.2 Å². The van der Waals surface area contributed by atoms with E-state index in [1.807, 2.05) is 6.92 Å². The highest BCUT2D eigenvalue weighted by Gasteiger charge is 2.72. The van der Waals surface area contributed by atoms with Gasteiger partial charge in [-0.05, 0) is 44.4 Å². The van der Waals surface area contributed by atoms with E-state index in [2.05, 4.69) is 13.8 Å². The highest BCUT2D eigenvalue weighted by atomic mass is 32.2. The van der Waals surface area contributed by atoms with Crippen LogP contribution in [0.15, 0.2) is 0 Å². The van der Waals surface area contributed by atoms with Gasteiger partial charge in [0, 0.05) is 18.3 Å². The van der Waals surface area contributed by atoms with Gasteiger partial charge in [-0.15, -0.1) is 0 Å². The van der Waals surface area contributed by atoms with Crippen molar-refractivity contribution in [1.29, 1.82) is 0 Å². The number of hydrogen-bond acceptors (Lipinski definition) is 6. The molecule has 4 saturated heterocycles. The largest absolute Gasteiger partial charge is 0.320 e. The molecule has 7 nitrogen and oxygen atoms in total. The van der Waals surface area contributed by atoms with Crippen molar-refractivity contribution in [2.45, 2.75) is 110 Å². The van der Waals surface area contributed by atoms with Crippen molar-refractivity contribution >= 4 is 15.9 Å². The van der Waals surface area contributed by atoms with Crippen molar-refractivity contribution in [2.24, 2.45) is 23.7 Å². The second kappa shape index (κ2) is 8.58. The quantitative estimate of drug-likeness (QED) is 0.398. The standard InChI is InChI=1S/C23H39NO6S/c1-5-6-7-8-9-10-15-31(26,27)24-20(25)17(3)19-12-11-16(2)18-13-14-22(4)28-21(24)23(18,19)30-29-22/h16-19,21H,5-15H2,1-4H3/t16-,17-,18?,19+,21-,22-,23-/m1/s1. The molecule has 4 aliphatic heterocycles. The summed E-state index contributed by atoms with van der Waals surface area (Å²) in [6, 6.07) is 0. The lowest BCUT2D eigenvalue weighted by molar-refractivity contribution is -0.544. The second-order valence-corrected chi connectivity index (χ2v) is 12.4. The van der Waals surface area contributed by atoms with Crippen LogP contribution in [0.5, 0.6) is 0 Å². The molecule has 7 atom stereocenters. The molecule has 178 valence electrons. The second-order valence-electron chi connectivity index (χ2n) is 10.4. The maximum absolute atomic E-state index is 13.5. The predicted molar refractivity (Wildman–Crippen MR) is 116 cm³/mol. The molecule has 31 heavy (non-hydrogen) atoms. The van der Waals surface area contributed by atoms with Gasteiger partial charge in [-0.2, -0.15) is 0 Å². The molecule has 1 aliphatic carbocycles. The monoisotopic (exact) mass is 457 g/mol. The highest BCUT2D eigenvalue weighted by molar-refractivity contribution is 7.89. The molecule has 5 aliphatic rings. The molecule has 4 heterocycles. The summed E-state index contributed by atoms with van der Waals surface area (Å²) in [6.45, 7) is 8.00. The van der Waals surface area contributed by atoms with Crippen molar-refractivity contribution in [3.05, 3.63) is 0 Å². The van der Waals surface area contributed by atoms with Crippen LogP contribution in [0.3, 0.4) is 0 Å². The number of carbonyl (C=O) groups is 1. The predicted octanol–water partition coefficient (Wildman–Crippen LogP) is 4.37. The molecule has 0 aromatic rings. The van der Waals surface area contributed by atoms with Crippen molar-refractivity contribution < 1.29 is 27.7 Å². The molecule has 1 saturated carbocycles. The number of sulfonamides is 1. The van der Waals surface area contributed by atoms with Crippen LogP contribution in [-0.2, 0) is 29.3 Å². The zero-order valence-electron chi connectivity index (χ0n) is 19.5. The number of rotatable bonds is 8. The maximum Gasteiger partial charge on any atom is 0.241 e. The minimum absolute atomic E-state index is 0.0318. The Morgan fingerprint density at radius 3 is 2.45 bits per heavy atom. The molecule has 1 spiro atoms. The smallest absolute Gasteiger partial charge is 0.241 e. The Morgan fingerprint density at radius 2 is 1.71 bits per heavy atom. The summed E-state index contributed by atoms with van der Waals surface area (Å²) in [6.07, 6.45) is 8.23. The van der Waals surface area contributed by atoms with Gasteiger partial charge < -0.3 is 4.74 Å². The van der Waals surface area contributed by atoms with E-state index in [4.69, 9.17) is 14.5 Å². The van der Waals surface area contributed by atoms with Crippen LogP contribution in [0, 0.1) is 23.7 Å². The molecular formula is C23H39NO6S. The maximum atomic E-state index is 13.5. The van der Waals surface area contributed by atoms with E-state index < -0.39 is 33.6 Å². The summed E-state index contributed by atoms with van der Waals surface area (Å²) < 4.78 is 34.4. The molecule has 2 bridgehead atoms. The fourth-order valence-electron chi connectivity index (χ4n) is 6.46. The normalized spacial score (nSPS) is 42.4. The van der Waals surface area contributed by atoms with Crippen molar-refractivity contribution in [3.8, 4) is 0 Å². The molecule has 0 radical (unpaired) electrons. The summed E-state index contributed by atoms with van der Waals surface area (Å²) in [4.78, 5) is 25.4. The van der Waals surface area contributed by atoms with Crippen LogP contribution in [0.25, 0.3) is 0 Å². The Morgan fingerprint density at radius 1 is 1.00 bits per heavy atom. The van der Waals surface area contributed by atoms with Crippen LogP contribution >= 0.6 is 0 Å². The third-order valence-electron chi connectivity index (χ3n) is 8.28. The first kappa shape index (κ1) is 23.5. The Kier molecular flexibility index (Phi) is 6.49. The summed E-state index contributed by atoms with van der Waals surface area (Å²) in [5.41, 5.74) is -0.921. The lowest BCUT2D eigenvalue weighted by Crippen LogP contribution is -2.75. The Bertz CT molecular complexity index is 787. The van der Waals surface area contributed by atoms with E-state index in [1.165, 1.54) is 6.42 Å². The van der Waals surface area contributed by atoms with Gasteiger partial charge in [0.15, 0.2) is 11.8 Å². The SMILES string of the molecule is CCCCCCCCS(=O)(=O)N1C(=O)[C@H](C)[C@@H]2CC[C@@H](C)C3CC[C@@]4(C)OO[C@]32[C@H]1O4. The van der Waals surface area contributed by atoms with Crippen LogP contribution in [0.1, 0.15) is 91.9 Å². The number of hydrogen-bond donors (Lipinski definition) is 0. The van der Waals surface area contributed by atoms with Crippen LogP contribution < -0.4 is 0 Å². The van der Waals surface area contributed by atoms with Gasteiger partial charge in [-0.3, -0.25) is 4.79 Å². The number of unbranched alkanes of at least 4 members (excludes halogenated alkanes) is 5. The van der Waals surface area contributed by atoms with Gasteiger partial charge in [-0.1, -0.05) is 52.9 Å². The molecule has 1 unspecified atom stereocenters. The minimum Gasteiger partial charge on any atom is -0.320 e. The Hall–Kier alpha value is -0.700. The van der Waals surface area contributed by atoms with Crippen molar-refractivity contribution in [1.82, 2.24) is 4.31 Å². The van der Waals surface area contributed by atoms with Gasteiger partial charge in [0.25, 0.3) is 0 Å². The highest BCUT2D eigenvalue weighted by Crippen LogP contribution is 2.60. The number of piperidine rings is 1. The number of amides is 1. The lowest BCUT2D eigenvalue weighted by Gasteiger charge is -2.61. The van der Waals surface area contributed by atoms with E-state index in [-0.39, 0.29) is 23.5 Å². The van der Waals surface area contributed by atoms with Crippen LogP contribution in [-0.4, -0.2) is 42.0 Å². The van der Waals surface area contributed by atoms with Gasteiger partial charge >= 0.3 is 0 Å². The number of nitrogens with zero attached hydrogens (tertiary/aromatic N) is 1. The van der Waals surface area contributed by atoms with E-state index >= 15 is 0 Å². The van der Waals surface area contributed by atoms with E-state index in [1.54, 1.807) is 6.92 Å².